The molecule has 2 nitrogen and oxygen atoms in total. The van der Waals surface area contributed by atoms with Crippen molar-refractivity contribution in [3.63, 3.8) is 0 Å². The number of benzene rings is 2. The van der Waals surface area contributed by atoms with Crippen molar-refractivity contribution in [2.75, 3.05) is 0 Å². The maximum Gasteiger partial charge on any atom is 0.166 e. The van der Waals surface area contributed by atoms with Crippen molar-refractivity contribution < 1.29 is 9.53 Å². The van der Waals surface area contributed by atoms with Gasteiger partial charge in [-0.15, -0.1) is 0 Å². The lowest BCUT2D eigenvalue weighted by Gasteiger charge is -2.11. The lowest BCUT2D eigenvalue weighted by Crippen LogP contribution is -2.15. The van der Waals surface area contributed by atoms with Crippen LogP contribution in [0.25, 0.3) is 0 Å². The SMILES string of the molecule is CC(C)Oc1ccc(C(=O)C2Cc3ccccc3C2)cc1. The molecule has 0 saturated carbocycles. The van der Waals surface area contributed by atoms with Gasteiger partial charge in [-0.1, -0.05) is 24.3 Å². The zero-order chi connectivity index (χ0) is 14.8. The van der Waals surface area contributed by atoms with Crippen molar-refractivity contribution >= 4 is 5.78 Å². The third-order valence-electron chi connectivity index (χ3n) is 3.93. The topological polar surface area (TPSA) is 26.3 Å². The molecule has 2 aromatic carbocycles. The predicted molar refractivity (Wildman–Crippen MR) is 83.9 cm³/mol. The largest absolute Gasteiger partial charge is 0.491 e. The van der Waals surface area contributed by atoms with Crippen molar-refractivity contribution in [3.8, 4) is 5.75 Å². The minimum atomic E-state index is 0.0827. The Morgan fingerprint density at radius 3 is 2.10 bits per heavy atom. The first-order chi connectivity index (χ1) is 10.1. The van der Waals surface area contributed by atoms with Gasteiger partial charge in [0.05, 0.1) is 6.10 Å². The van der Waals surface area contributed by atoms with E-state index in [4.69, 9.17) is 4.74 Å². The molecule has 0 amide bonds. The maximum absolute atomic E-state index is 12.6. The number of Topliss-reactive ketones (excluding diaryl/α,β-unsaturated/α-hetero) is 1. The molecule has 3 rings (SSSR count). The summed E-state index contributed by atoms with van der Waals surface area (Å²) in [5.74, 6) is 1.14. The summed E-state index contributed by atoms with van der Waals surface area (Å²) in [6, 6.07) is 15.9. The van der Waals surface area contributed by atoms with Crippen molar-refractivity contribution in [3.05, 3.63) is 65.2 Å². The quantitative estimate of drug-likeness (QED) is 0.789. The van der Waals surface area contributed by atoms with Gasteiger partial charge in [0, 0.05) is 11.5 Å². The highest BCUT2D eigenvalue weighted by atomic mass is 16.5. The molecule has 2 heteroatoms. The van der Waals surface area contributed by atoms with Crippen LogP contribution in [-0.4, -0.2) is 11.9 Å². The first-order valence-corrected chi connectivity index (χ1v) is 7.51. The van der Waals surface area contributed by atoms with Gasteiger partial charge in [0.2, 0.25) is 0 Å². The Balaban J connectivity index is 1.72. The van der Waals surface area contributed by atoms with Crippen LogP contribution in [0.15, 0.2) is 48.5 Å². The molecule has 0 heterocycles. The molecule has 0 saturated heterocycles. The smallest absolute Gasteiger partial charge is 0.166 e. The molecular formula is C19H20O2. The summed E-state index contributed by atoms with van der Waals surface area (Å²) in [4.78, 5) is 12.6. The molecule has 0 fully saturated rings. The first kappa shape index (κ1) is 13.9. The fourth-order valence-corrected chi connectivity index (χ4v) is 2.95. The Kier molecular flexibility index (Phi) is 3.78. The minimum Gasteiger partial charge on any atom is -0.491 e. The number of fused-ring (bicyclic) bond motifs is 1. The molecule has 0 N–H and O–H groups in total. The van der Waals surface area contributed by atoms with Crippen LogP contribution in [0, 0.1) is 5.92 Å². The first-order valence-electron chi connectivity index (χ1n) is 7.51. The van der Waals surface area contributed by atoms with Crippen LogP contribution in [0.2, 0.25) is 0 Å². The van der Waals surface area contributed by atoms with Gasteiger partial charge in [0.15, 0.2) is 5.78 Å². The number of carbonyl (C=O) groups is 1. The molecule has 0 unspecified atom stereocenters. The normalized spacial score (nSPS) is 14.2. The molecule has 108 valence electrons. The highest BCUT2D eigenvalue weighted by Gasteiger charge is 2.27. The van der Waals surface area contributed by atoms with Gasteiger partial charge in [0.25, 0.3) is 0 Å². The van der Waals surface area contributed by atoms with Crippen LogP contribution in [0.3, 0.4) is 0 Å². The van der Waals surface area contributed by atoms with E-state index in [0.717, 1.165) is 24.2 Å². The second-order valence-corrected chi connectivity index (χ2v) is 5.93. The summed E-state index contributed by atoms with van der Waals surface area (Å²) < 4.78 is 5.61. The predicted octanol–water partition coefficient (Wildman–Crippen LogP) is 4.07. The summed E-state index contributed by atoms with van der Waals surface area (Å²) in [5, 5.41) is 0. The third-order valence-corrected chi connectivity index (χ3v) is 3.93. The van der Waals surface area contributed by atoms with E-state index in [2.05, 4.69) is 12.1 Å². The highest BCUT2D eigenvalue weighted by molar-refractivity contribution is 5.98. The van der Waals surface area contributed by atoms with Crippen molar-refractivity contribution in [1.29, 1.82) is 0 Å². The average molecular weight is 280 g/mol. The van der Waals surface area contributed by atoms with Gasteiger partial charge >= 0.3 is 0 Å². The van der Waals surface area contributed by atoms with E-state index in [1.165, 1.54) is 11.1 Å². The molecule has 2 aromatic rings. The van der Waals surface area contributed by atoms with Crippen LogP contribution in [0.1, 0.15) is 35.3 Å². The highest BCUT2D eigenvalue weighted by Crippen LogP contribution is 2.29. The summed E-state index contributed by atoms with van der Waals surface area (Å²) in [7, 11) is 0. The van der Waals surface area contributed by atoms with Gasteiger partial charge in [-0.2, -0.15) is 0 Å². The average Bonchev–Trinajstić information content (AvgIpc) is 2.90. The van der Waals surface area contributed by atoms with Crippen LogP contribution in [0.5, 0.6) is 5.75 Å². The minimum absolute atomic E-state index is 0.0827. The van der Waals surface area contributed by atoms with E-state index in [-0.39, 0.29) is 17.8 Å². The van der Waals surface area contributed by atoms with Crippen LogP contribution in [0.4, 0.5) is 0 Å². The Morgan fingerprint density at radius 1 is 1.00 bits per heavy atom. The van der Waals surface area contributed by atoms with Crippen molar-refractivity contribution in [2.24, 2.45) is 5.92 Å². The zero-order valence-corrected chi connectivity index (χ0v) is 12.5. The molecular weight excluding hydrogens is 260 g/mol. The molecule has 1 aliphatic carbocycles. The van der Waals surface area contributed by atoms with E-state index < -0.39 is 0 Å². The number of hydrogen-bond donors (Lipinski definition) is 0. The van der Waals surface area contributed by atoms with Gasteiger partial charge in [-0.05, 0) is 62.1 Å². The van der Waals surface area contributed by atoms with E-state index in [9.17, 15) is 4.79 Å². The molecule has 1 aliphatic rings. The van der Waals surface area contributed by atoms with E-state index >= 15 is 0 Å². The van der Waals surface area contributed by atoms with Crippen LogP contribution in [-0.2, 0) is 12.8 Å². The number of carbonyl (C=O) groups excluding carboxylic acids is 1. The second-order valence-electron chi connectivity index (χ2n) is 5.93. The standard InChI is InChI=1S/C19H20O2/c1-13(2)21-18-9-7-14(8-10-18)19(20)17-11-15-5-3-4-6-16(15)12-17/h3-10,13,17H,11-12H2,1-2H3. The molecule has 21 heavy (non-hydrogen) atoms. The number of ether oxygens (including phenoxy) is 1. The van der Waals surface area contributed by atoms with E-state index in [1.807, 2.05) is 50.2 Å². The van der Waals surface area contributed by atoms with Gasteiger partial charge in [-0.3, -0.25) is 4.79 Å². The number of ketones is 1. The molecule has 0 radical (unpaired) electrons. The van der Waals surface area contributed by atoms with Crippen LogP contribution < -0.4 is 4.74 Å². The number of hydrogen-bond acceptors (Lipinski definition) is 2. The van der Waals surface area contributed by atoms with Crippen LogP contribution >= 0.6 is 0 Å². The van der Waals surface area contributed by atoms with Gasteiger partial charge in [0.1, 0.15) is 5.75 Å². The molecule has 0 aromatic heterocycles. The van der Waals surface area contributed by atoms with E-state index in [0.29, 0.717) is 0 Å². The summed E-state index contributed by atoms with van der Waals surface area (Å²) in [6.07, 6.45) is 1.87. The Hall–Kier alpha value is -2.09. The Labute approximate surface area is 125 Å². The molecule has 0 spiro atoms. The fourth-order valence-electron chi connectivity index (χ4n) is 2.95. The Morgan fingerprint density at radius 2 is 1.57 bits per heavy atom. The third kappa shape index (κ3) is 2.99. The van der Waals surface area contributed by atoms with Crippen molar-refractivity contribution in [2.45, 2.75) is 32.8 Å². The number of rotatable bonds is 4. The van der Waals surface area contributed by atoms with E-state index in [1.54, 1.807) is 0 Å². The molecule has 0 bridgehead atoms. The van der Waals surface area contributed by atoms with Crippen molar-refractivity contribution in [1.82, 2.24) is 0 Å². The Bertz CT molecular complexity index is 616. The maximum atomic E-state index is 12.6. The summed E-state index contributed by atoms with van der Waals surface area (Å²) in [5.41, 5.74) is 3.41. The lowest BCUT2D eigenvalue weighted by molar-refractivity contribution is 0.0924. The summed E-state index contributed by atoms with van der Waals surface area (Å²) >= 11 is 0. The second kappa shape index (κ2) is 5.72. The fraction of sp³-hybridized carbons (Fsp3) is 0.316. The molecule has 0 atom stereocenters. The van der Waals surface area contributed by atoms with Gasteiger partial charge in [-0.25, -0.2) is 0 Å². The lowest BCUT2D eigenvalue weighted by atomic mass is 9.95. The monoisotopic (exact) mass is 280 g/mol. The van der Waals surface area contributed by atoms with Gasteiger partial charge < -0.3 is 4.74 Å². The summed E-state index contributed by atoms with van der Waals surface area (Å²) in [6.45, 7) is 3.99. The zero-order valence-electron chi connectivity index (χ0n) is 12.5. The molecule has 0 aliphatic heterocycles.